The van der Waals surface area contributed by atoms with Crippen molar-refractivity contribution in [2.45, 2.75) is 6.18 Å². The van der Waals surface area contributed by atoms with Gasteiger partial charge in [-0.2, -0.15) is 13.2 Å². The fraction of sp³-hybridized carbons (Fsp3) is 0.154. The van der Waals surface area contributed by atoms with Gasteiger partial charge in [0.15, 0.2) is 6.73 Å². The van der Waals surface area contributed by atoms with E-state index in [1.54, 1.807) is 12.1 Å². The minimum atomic E-state index is -4.55. The van der Waals surface area contributed by atoms with Crippen LogP contribution < -0.4 is 5.01 Å². The van der Waals surface area contributed by atoms with Crippen LogP contribution in [0.1, 0.15) is 0 Å². The van der Waals surface area contributed by atoms with E-state index in [4.69, 9.17) is 0 Å². The van der Waals surface area contributed by atoms with Gasteiger partial charge in [-0.3, -0.25) is 0 Å². The first-order valence-electron chi connectivity index (χ1n) is 5.59. The van der Waals surface area contributed by atoms with E-state index in [-0.39, 0.29) is 6.73 Å². The van der Waals surface area contributed by atoms with Crippen molar-refractivity contribution < 1.29 is 17.9 Å². The first-order valence-corrected chi connectivity index (χ1v) is 5.59. The zero-order chi connectivity index (χ0) is 13.5. The highest BCUT2D eigenvalue weighted by Gasteiger charge is 2.42. The van der Waals surface area contributed by atoms with Crippen LogP contribution in [0.3, 0.4) is 0 Å². The Kier molecular flexibility index (Phi) is 2.58. The molecule has 0 amide bonds. The SMILES string of the molecule is FC(F)(F)C1=NN(c2ccc3ccccc3c2)CO1. The molecular formula is C13H9F3N2O. The number of hydrogen-bond acceptors (Lipinski definition) is 3. The van der Waals surface area contributed by atoms with Crippen LogP contribution in [0.5, 0.6) is 0 Å². The van der Waals surface area contributed by atoms with Crippen molar-refractivity contribution in [1.29, 1.82) is 0 Å². The maximum absolute atomic E-state index is 12.4. The quantitative estimate of drug-likeness (QED) is 0.789. The van der Waals surface area contributed by atoms with Crippen LogP contribution >= 0.6 is 0 Å². The maximum atomic E-state index is 12.4. The van der Waals surface area contributed by atoms with Gasteiger partial charge in [-0.15, -0.1) is 5.10 Å². The van der Waals surface area contributed by atoms with E-state index in [2.05, 4.69) is 9.84 Å². The molecule has 0 bridgehead atoms. The van der Waals surface area contributed by atoms with Crippen molar-refractivity contribution >= 4 is 22.4 Å². The number of hydrazone groups is 1. The Morgan fingerprint density at radius 3 is 2.47 bits per heavy atom. The smallest absolute Gasteiger partial charge is 0.450 e. The molecule has 0 saturated heterocycles. The molecule has 1 aliphatic rings. The average molecular weight is 266 g/mol. The van der Waals surface area contributed by atoms with Gasteiger partial charge >= 0.3 is 12.1 Å². The number of anilines is 1. The lowest BCUT2D eigenvalue weighted by molar-refractivity contribution is -0.0752. The predicted octanol–water partition coefficient (Wildman–Crippen LogP) is 3.51. The highest BCUT2D eigenvalue weighted by molar-refractivity contribution is 5.88. The van der Waals surface area contributed by atoms with Crippen LogP contribution in [-0.4, -0.2) is 18.8 Å². The molecule has 2 aromatic rings. The number of fused-ring (bicyclic) bond motifs is 1. The van der Waals surface area contributed by atoms with Crippen LogP contribution in [-0.2, 0) is 4.74 Å². The Bertz CT molecular complexity index is 652. The molecule has 98 valence electrons. The fourth-order valence-electron chi connectivity index (χ4n) is 1.90. The molecule has 1 aliphatic heterocycles. The number of hydrogen-bond donors (Lipinski definition) is 0. The summed E-state index contributed by atoms with van der Waals surface area (Å²) in [5, 5.41) is 6.59. The second kappa shape index (κ2) is 4.15. The van der Waals surface area contributed by atoms with Gasteiger partial charge in [0.2, 0.25) is 0 Å². The lowest BCUT2D eigenvalue weighted by Crippen LogP contribution is -2.22. The summed E-state index contributed by atoms with van der Waals surface area (Å²) in [6, 6.07) is 12.9. The van der Waals surface area contributed by atoms with Crippen molar-refractivity contribution in [3.05, 3.63) is 42.5 Å². The molecule has 2 aromatic carbocycles. The summed E-state index contributed by atoms with van der Waals surface area (Å²) >= 11 is 0. The van der Waals surface area contributed by atoms with Crippen LogP contribution in [0, 0.1) is 0 Å². The third-order valence-corrected chi connectivity index (χ3v) is 2.81. The number of nitrogens with zero attached hydrogens (tertiary/aromatic N) is 2. The third kappa shape index (κ3) is 2.21. The molecule has 0 fully saturated rings. The van der Waals surface area contributed by atoms with E-state index in [9.17, 15) is 13.2 Å². The molecule has 0 unspecified atom stereocenters. The summed E-state index contributed by atoms with van der Waals surface area (Å²) < 4.78 is 41.8. The number of ether oxygens (including phenoxy) is 1. The Balaban J connectivity index is 1.95. The molecule has 19 heavy (non-hydrogen) atoms. The molecule has 1 heterocycles. The number of benzene rings is 2. The normalized spacial score (nSPS) is 15.5. The minimum Gasteiger partial charge on any atom is -0.450 e. The molecule has 3 rings (SSSR count). The van der Waals surface area contributed by atoms with Gasteiger partial charge in [-0.05, 0) is 22.9 Å². The van der Waals surface area contributed by atoms with Gasteiger partial charge in [0.05, 0.1) is 5.69 Å². The molecule has 0 aromatic heterocycles. The topological polar surface area (TPSA) is 24.8 Å². The predicted molar refractivity (Wildman–Crippen MR) is 65.9 cm³/mol. The molecular weight excluding hydrogens is 257 g/mol. The molecule has 0 spiro atoms. The van der Waals surface area contributed by atoms with Crippen LogP contribution in [0.4, 0.5) is 18.9 Å². The van der Waals surface area contributed by atoms with Crippen LogP contribution in [0.2, 0.25) is 0 Å². The highest BCUT2D eigenvalue weighted by Crippen LogP contribution is 2.27. The van der Waals surface area contributed by atoms with Crippen molar-refractivity contribution in [2.75, 3.05) is 11.7 Å². The Morgan fingerprint density at radius 1 is 1.05 bits per heavy atom. The number of halogens is 3. The highest BCUT2D eigenvalue weighted by atomic mass is 19.4. The molecule has 3 nitrogen and oxygen atoms in total. The molecule has 6 heteroatoms. The van der Waals surface area contributed by atoms with E-state index in [1.807, 2.05) is 30.3 Å². The summed E-state index contributed by atoms with van der Waals surface area (Å²) in [4.78, 5) is 0. The molecule has 0 atom stereocenters. The Labute approximate surface area is 106 Å². The summed E-state index contributed by atoms with van der Waals surface area (Å²) in [5.41, 5.74) is 0.568. The van der Waals surface area contributed by atoms with Gasteiger partial charge in [0.25, 0.3) is 0 Å². The summed E-state index contributed by atoms with van der Waals surface area (Å²) in [6.45, 7) is -0.229. The average Bonchev–Trinajstić information content (AvgIpc) is 2.87. The van der Waals surface area contributed by atoms with Crippen molar-refractivity contribution in [3.8, 4) is 0 Å². The molecule has 0 radical (unpaired) electrons. The second-order valence-corrected chi connectivity index (χ2v) is 4.11. The number of alkyl halides is 3. The molecule has 0 N–H and O–H groups in total. The van der Waals surface area contributed by atoms with Crippen molar-refractivity contribution in [3.63, 3.8) is 0 Å². The molecule has 0 aliphatic carbocycles. The number of rotatable bonds is 1. The van der Waals surface area contributed by atoms with E-state index < -0.39 is 12.1 Å². The minimum absolute atomic E-state index is 0.229. The van der Waals surface area contributed by atoms with Gasteiger partial charge < -0.3 is 4.74 Å². The fourth-order valence-corrected chi connectivity index (χ4v) is 1.90. The summed E-state index contributed by atoms with van der Waals surface area (Å²) in [7, 11) is 0. The van der Waals surface area contributed by atoms with Crippen molar-refractivity contribution in [2.24, 2.45) is 5.10 Å². The van der Waals surface area contributed by atoms with E-state index in [1.165, 1.54) is 5.01 Å². The lowest BCUT2D eigenvalue weighted by Gasteiger charge is -2.11. The van der Waals surface area contributed by atoms with E-state index in [0.717, 1.165) is 10.8 Å². The largest absolute Gasteiger partial charge is 0.470 e. The second-order valence-electron chi connectivity index (χ2n) is 4.11. The molecule has 0 saturated carbocycles. The standard InChI is InChI=1S/C13H9F3N2O/c14-13(15,16)12-17-18(8-19-12)11-6-5-9-3-1-2-4-10(9)7-11/h1-7H,8H2. The third-order valence-electron chi connectivity index (χ3n) is 2.81. The van der Waals surface area contributed by atoms with Gasteiger partial charge in [-0.25, -0.2) is 5.01 Å². The van der Waals surface area contributed by atoms with Crippen LogP contribution in [0.25, 0.3) is 10.8 Å². The van der Waals surface area contributed by atoms with Crippen molar-refractivity contribution in [1.82, 2.24) is 0 Å². The monoisotopic (exact) mass is 266 g/mol. The summed E-state index contributed by atoms with van der Waals surface area (Å²) in [6.07, 6.45) is -4.55. The van der Waals surface area contributed by atoms with Gasteiger partial charge in [0, 0.05) is 0 Å². The first kappa shape index (κ1) is 11.8. The Morgan fingerprint density at radius 2 is 1.79 bits per heavy atom. The van der Waals surface area contributed by atoms with Crippen LogP contribution in [0.15, 0.2) is 47.6 Å². The van der Waals surface area contributed by atoms with Gasteiger partial charge in [0.1, 0.15) is 0 Å². The van der Waals surface area contributed by atoms with E-state index in [0.29, 0.717) is 5.69 Å². The summed E-state index contributed by atoms with van der Waals surface area (Å²) in [5.74, 6) is -1.21. The first-order chi connectivity index (χ1) is 9.04. The lowest BCUT2D eigenvalue weighted by atomic mass is 10.1. The zero-order valence-corrected chi connectivity index (χ0v) is 9.69. The zero-order valence-electron chi connectivity index (χ0n) is 9.69. The maximum Gasteiger partial charge on any atom is 0.470 e. The van der Waals surface area contributed by atoms with E-state index >= 15 is 0 Å². The van der Waals surface area contributed by atoms with Gasteiger partial charge in [-0.1, -0.05) is 30.3 Å². The Hall–Kier alpha value is -2.24.